The lowest BCUT2D eigenvalue weighted by molar-refractivity contribution is -0.133. The topological polar surface area (TPSA) is 273 Å². The van der Waals surface area contributed by atoms with Gasteiger partial charge in [0.05, 0.1) is 30.3 Å². The van der Waals surface area contributed by atoms with Gasteiger partial charge in [-0.15, -0.1) is 0 Å². The summed E-state index contributed by atoms with van der Waals surface area (Å²) in [6.07, 6.45) is 8.38. The molecule has 0 aliphatic carbocycles. The first-order chi connectivity index (χ1) is 43.6. The van der Waals surface area contributed by atoms with Crippen LogP contribution in [0.15, 0.2) is 97.8 Å². The largest absolute Gasteiger partial charge is 0.476 e. The SMILES string of the molecule is CNCC(=O)N1CCN(C(=O)c2ccc(Nc3nccn4c(-c5ccc(OCC#N)c(F)c5F)cnc34)cc2C)CC1.Cc1cc(Nc2nccn3c(-c4ccc(OCC#N)c(F)c4F)cnc23)ccc1C(=O)N1CCN(C(=O)CN(C)C(=O)OC(C)(C)C)CC1. The third-order valence-corrected chi connectivity index (χ3v) is 14.8. The zero-order valence-electron chi connectivity index (χ0n) is 50.8. The molecule has 3 N–H and O–H groups in total. The van der Waals surface area contributed by atoms with Crippen LogP contribution >= 0.6 is 0 Å². The van der Waals surface area contributed by atoms with Crippen LogP contribution in [-0.4, -0.2) is 181 Å². The Kier molecular flexibility index (Phi) is 19.9. The van der Waals surface area contributed by atoms with Crippen LogP contribution in [0, 0.1) is 59.8 Å². The predicted molar refractivity (Wildman–Crippen MR) is 326 cm³/mol. The number of benzene rings is 4. The van der Waals surface area contributed by atoms with Gasteiger partial charge in [0.25, 0.3) is 11.8 Å². The number of hydrogen-bond donors (Lipinski definition) is 3. The molecule has 472 valence electrons. The number of imidazole rings is 2. The minimum Gasteiger partial charge on any atom is -0.476 e. The van der Waals surface area contributed by atoms with E-state index in [-0.39, 0.29) is 65.0 Å². The Balaban J connectivity index is 0.000000218. The van der Waals surface area contributed by atoms with Crippen LogP contribution in [0.5, 0.6) is 11.5 Å². The van der Waals surface area contributed by atoms with Gasteiger partial charge in [-0.25, -0.2) is 33.5 Å². The van der Waals surface area contributed by atoms with Crippen molar-refractivity contribution < 1.29 is 55.7 Å². The van der Waals surface area contributed by atoms with Gasteiger partial charge in [0.15, 0.2) is 59.3 Å². The Labute approximate surface area is 520 Å². The number of piperazine rings is 2. The second-order valence-electron chi connectivity index (χ2n) is 22.1. The number of likely N-dealkylation sites (N-methyl/N-ethyl adjacent to an activating group) is 2. The molecule has 5 amide bonds. The smallest absolute Gasteiger partial charge is 0.410 e. The summed E-state index contributed by atoms with van der Waals surface area (Å²) >= 11 is 0. The molecule has 4 aromatic heterocycles. The van der Waals surface area contributed by atoms with E-state index in [9.17, 15) is 37.1 Å². The van der Waals surface area contributed by atoms with Crippen LogP contribution in [0.2, 0.25) is 0 Å². The fraction of sp³-hybridized carbons (Fsp3) is 0.317. The van der Waals surface area contributed by atoms with Crippen LogP contribution in [0.3, 0.4) is 0 Å². The van der Waals surface area contributed by atoms with Gasteiger partial charge < -0.3 is 54.7 Å². The van der Waals surface area contributed by atoms with Crippen molar-refractivity contribution in [3.8, 4) is 46.2 Å². The molecule has 6 heterocycles. The maximum absolute atomic E-state index is 15.0. The van der Waals surface area contributed by atoms with Gasteiger partial charge in [-0.05, 0) is 113 Å². The number of nitriles is 2. The number of rotatable bonds is 16. The van der Waals surface area contributed by atoms with Crippen LogP contribution in [-0.2, 0) is 14.3 Å². The predicted octanol–water partition coefficient (Wildman–Crippen LogP) is 7.91. The number of aryl methyl sites for hydroxylation is 2. The summed E-state index contributed by atoms with van der Waals surface area (Å²) in [6, 6.07) is 19.2. The molecule has 0 radical (unpaired) electrons. The Morgan fingerprint density at radius 3 is 1.41 bits per heavy atom. The number of ether oxygens (including phenoxy) is 3. The standard InChI is InChI=1S/C34H36F2N8O5.C29H28F2N8O3/c1-21-18-22(6-7-23(21)32(46)43-15-13-42(14-16-43)27(45)20-41(5)33(47)49-34(2,3)4)40-30-31-39-19-25(44(31)12-11-38-30)24-8-9-26(48-17-10-37)29(36)28(24)35;1-18-15-19(3-4-20(18)29(41)38-12-10-37(11-13-38)24(40)17-33-2)36-27-28-35-16-22(39(28)9-8-34-27)21-5-6-23(42-14-7-32)26(31)25(21)30/h6-9,11-12,18-19H,13-17,20H2,1-5H3,(H,38,40);3-6,8-9,15-16,33H,10-14,17H2,1-2H3,(H,34,36). The fourth-order valence-electron chi connectivity index (χ4n) is 10.2. The molecule has 8 aromatic rings. The number of fused-ring (bicyclic) bond motifs is 2. The van der Waals surface area contributed by atoms with Gasteiger partial charge >= 0.3 is 6.09 Å². The number of hydrogen-bond acceptors (Lipinski definition) is 17. The maximum Gasteiger partial charge on any atom is 0.410 e. The van der Waals surface area contributed by atoms with E-state index < -0.39 is 48.2 Å². The number of halogens is 4. The third kappa shape index (κ3) is 14.7. The molecule has 2 fully saturated rings. The van der Waals surface area contributed by atoms with Gasteiger partial charge in [-0.1, -0.05) is 0 Å². The maximum atomic E-state index is 15.0. The highest BCUT2D eigenvalue weighted by Gasteiger charge is 2.30. The Morgan fingerprint density at radius 1 is 0.593 bits per heavy atom. The van der Waals surface area contributed by atoms with Crippen LogP contribution in [0.4, 0.5) is 45.4 Å². The lowest BCUT2D eigenvalue weighted by Gasteiger charge is -2.36. The van der Waals surface area contributed by atoms with Crippen molar-refractivity contribution in [2.45, 2.75) is 40.2 Å². The molecule has 0 unspecified atom stereocenters. The molecule has 10 rings (SSSR count). The first-order valence-electron chi connectivity index (χ1n) is 28.7. The molecule has 2 aliphatic rings. The molecule has 24 nitrogen and oxygen atoms in total. The molecule has 2 aliphatic heterocycles. The highest BCUT2D eigenvalue weighted by molar-refractivity contribution is 5.97. The van der Waals surface area contributed by atoms with Crippen molar-refractivity contribution in [3.05, 3.63) is 143 Å². The first kappa shape index (κ1) is 64.6. The van der Waals surface area contributed by atoms with Crippen molar-refractivity contribution in [2.24, 2.45) is 0 Å². The molecular weight excluding hydrogens is 1180 g/mol. The molecule has 0 atom stereocenters. The lowest BCUT2D eigenvalue weighted by atomic mass is 10.1. The molecule has 0 saturated carbocycles. The molecular formula is C63H64F4N16O8. The monoisotopic (exact) mass is 1250 g/mol. The van der Waals surface area contributed by atoms with Gasteiger partial charge in [-0.2, -0.15) is 19.3 Å². The van der Waals surface area contributed by atoms with E-state index in [1.54, 1.807) is 111 Å². The minimum absolute atomic E-state index is 0.0150. The quantitative estimate of drug-likeness (QED) is 0.0775. The van der Waals surface area contributed by atoms with Crippen molar-refractivity contribution in [1.29, 1.82) is 10.5 Å². The number of carbonyl (C=O) groups excluding carboxylic acids is 5. The van der Waals surface area contributed by atoms with Crippen molar-refractivity contribution in [1.82, 2.24) is 58.6 Å². The van der Waals surface area contributed by atoms with E-state index in [0.29, 0.717) is 109 Å². The van der Waals surface area contributed by atoms with Crippen molar-refractivity contribution >= 4 is 64.0 Å². The van der Waals surface area contributed by atoms with Gasteiger partial charge in [0.1, 0.15) is 24.3 Å². The Morgan fingerprint density at radius 2 is 1.01 bits per heavy atom. The molecule has 4 aromatic carbocycles. The molecule has 91 heavy (non-hydrogen) atoms. The number of aromatic nitrogens is 6. The number of amides is 5. The number of carbonyl (C=O) groups is 5. The summed E-state index contributed by atoms with van der Waals surface area (Å²) in [7, 11) is 3.23. The van der Waals surface area contributed by atoms with Crippen LogP contribution in [0.25, 0.3) is 33.8 Å². The summed E-state index contributed by atoms with van der Waals surface area (Å²) in [5, 5.41) is 26.6. The second-order valence-corrected chi connectivity index (χ2v) is 22.1. The second kappa shape index (κ2) is 28.1. The third-order valence-electron chi connectivity index (χ3n) is 14.8. The van der Waals surface area contributed by atoms with E-state index >= 15 is 4.39 Å². The van der Waals surface area contributed by atoms with E-state index in [4.69, 9.17) is 24.7 Å². The highest BCUT2D eigenvalue weighted by Crippen LogP contribution is 2.34. The Bertz CT molecular complexity index is 4160. The summed E-state index contributed by atoms with van der Waals surface area (Å²) in [4.78, 5) is 89.3. The molecule has 0 spiro atoms. The van der Waals surface area contributed by atoms with Crippen LogP contribution < -0.4 is 25.4 Å². The van der Waals surface area contributed by atoms with Gasteiger partial charge in [0, 0.05) is 118 Å². The van der Waals surface area contributed by atoms with Gasteiger partial charge in [-0.3, -0.25) is 28.0 Å². The molecule has 2 saturated heterocycles. The first-order valence-corrected chi connectivity index (χ1v) is 28.7. The van der Waals surface area contributed by atoms with Crippen molar-refractivity contribution in [3.63, 3.8) is 0 Å². The van der Waals surface area contributed by atoms with E-state index in [1.807, 2.05) is 19.9 Å². The number of nitrogens with one attached hydrogen (secondary N) is 3. The fourth-order valence-corrected chi connectivity index (χ4v) is 10.2. The highest BCUT2D eigenvalue weighted by atomic mass is 19.2. The summed E-state index contributed by atoms with van der Waals surface area (Å²) in [5.41, 5.74) is 4.35. The summed E-state index contributed by atoms with van der Waals surface area (Å²) in [6.45, 7) is 11.5. The Hall–Kier alpha value is -10.9. The van der Waals surface area contributed by atoms with Crippen molar-refractivity contribution in [2.75, 3.05) is 103 Å². The number of anilines is 4. The van der Waals surface area contributed by atoms with E-state index in [0.717, 1.165) is 5.56 Å². The lowest BCUT2D eigenvalue weighted by Crippen LogP contribution is -2.53. The molecule has 28 heteroatoms. The summed E-state index contributed by atoms with van der Waals surface area (Å²) < 4.78 is 77.5. The zero-order chi connectivity index (χ0) is 65.3. The minimum atomic E-state index is -1.21. The van der Waals surface area contributed by atoms with Crippen LogP contribution in [0.1, 0.15) is 52.6 Å². The molecule has 0 bridgehead atoms. The summed E-state index contributed by atoms with van der Waals surface area (Å²) in [5.74, 6) is -5.14. The average Bonchev–Trinajstić information content (AvgIpc) is 1.69. The zero-order valence-corrected chi connectivity index (χ0v) is 50.8. The van der Waals surface area contributed by atoms with E-state index in [2.05, 4.69) is 35.9 Å². The normalized spacial score (nSPS) is 13.2. The van der Waals surface area contributed by atoms with E-state index in [1.165, 1.54) is 61.0 Å². The number of nitrogens with zero attached hydrogens (tertiary/aromatic N) is 13. The average molecular weight is 1250 g/mol. The van der Waals surface area contributed by atoms with Gasteiger partial charge in [0.2, 0.25) is 23.4 Å².